The van der Waals surface area contributed by atoms with E-state index in [4.69, 9.17) is 15.2 Å². The number of aromatic nitrogens is 2. The van der Waals surface area contributed by atoms with Crippen molar-refractivity contribution >= 4 is 11.7 Å². The van der Waals surface area contributed by atoms with Gasteiger partial charge < -0.3 is 20.5 Å². The van der Waals surface area contributed by atoms with Crippen LogP contribution in [0.4, 0.5) is 0 Å². The number of primary amides is 1. The van der Waals surface area contributed by atoms with Gasteiger partial charge in [0.1, 0.15) is 17.3 Å². The highest BCUT2D eigenvalue weighted by Crippen LogP contribution is 2.34. The number of Topliss-reactive ketones (excluding diaryl/α,β-unsaturated/α-hetero) is 1. The summed E-state index contributed by atoms with van der Waals surface area (Å²) in [7, 11) is 3.09. The molecule has 150 valence electrons. The number of piperidine rings is 1. The van der Waals surface area contributed by atoms with Gasteiger partial charge in [-0.3, -0.25) is 14.3 Å². The van der Waals surface area contributed by atoms with E-state index in [0.717, 1.165) is 25.9 Å². The van der Waals surface area contributed by atoms with Crippen LogP contribution in [0.15, 0.2) is 24.4 Å². The topological polar surface area (TPSA) is 108 Å². The summed E-state index contributed by atoms with van der Waals surface area (Å²) >= 11 is 0. The van der Waals surface area contributed by atoms with Gasteiger partial charge in [0.25, 0.3) is 5.91 Å². The van der Waals surface area contributed by atoms with Crippen LogP contribution in [0.5, 0.6) is 11.5 Å². The van der Waals surface area contributed by atoms with E-state index in [1.807, 2.05) is 0 Å². The number of rotatable bonds is 7. The minimum Gasteiger partial charge on any atom is -0.497 e. The Labute approximate surface area is 164 Å². The number of carbonyl (C=O) groups is 2. The molecule has 8 heteroatoms. The van der Waals surface area contributed by atoms with Gasteiger partial charge in [-0.25, -0.2) is 0 Å². The van der Waals surface area contributed by atoms with Crippen molar-refractivity contribution in [1.82, 2.24) is 15.1 Å². The molecule has 0 spiro atoms. The molecule has 2 aromatic rings. The number of benzene rings is 1. The van der Waals surface area contributed by atoms with Gasteiger partial charge in [0.15, 0.2) is 0 Å². The molecule has 0 bridgehead atoms. The van der Waals surface area contributed by atoms with Crippen molar-refractivity contribution < 1.29 is 19.1 Å². The summed E-state index contributed by atoms with van der Waals surface area (Å²) in [5, 5.41) is 7.96. The van der Waals surface area contributed by atoms with Crippen LogP contribution in [0.3, 0.4) is 0 Å². The lowest BCUT2D eigenvalue weighted by Crippen LogP contribution is -2.29. The second-order valence-corrected chi connectivity index (χ2v) is 6.94. The second kappa shape index (κ2) is 8.43. The maximum atomic E-state index is 12.6. The van der Waals surface area contributed by atoms with Crippen LogP contribution >= 0.6 is 0 Å². The number of nitrogens with one attached hydrogen (secondary N) is 1. The third kappa shape index (κ3) is 4.01. The molecule has 1 fully saturated rings. The molecule has 1 aromatic heterocycles. The summed E-state index contributed by atoms with van der Waals surface area (Å²) in [6, 6.07) is 5.40. The van der Waals surface area contributed by atoms with E-state index in [-0.39, 0.29) is 17.4 Å². The third-order valence-electron chi connectivity index (χ3n) is 5.10. The van der Waals surface area contributed by atoms with Crippen molar-refractivity contribution in [2.24, 2.45) is 5.73 Å². The van der Waals surface area contributed by atoms with Gasteiger partial charge in [-0.05, 0) is 50.6 Å². The molecule has 3 rings (SSSR count). The van der Waals surface area contributed by atoms with Crippen LogP contribution in [0, 0.1) is 0 Å². The molecule has 28 heavy (non-hydrogen) atoms. The molecule has 1 aliphatic rings. The molecular formula is C20H26N4O4. The monoisotopic (exact) mass is 386 g/mol. The Morgan fingerprint density at radius 1 is 1.18 bits per heavy atom. The number of methoxy groups -OCH3 is 2. The van der Waals surface area contributed by atoms with Gasteiger partial charge >= 0.3 is 0 Å². The van der Waals surface area contributed by atoms with Gasteiger partial charge in [0.05, 0.1) is 37.4 Å². The van der Waals surface area contributed by atoms with E-state index >= 15 is 0 Å². The van der Waals surface area contributed by atoms with Crippen molar-refractivity contribution in [1.29, 1.82) is 0 Å². The largest absolute Gasteiger partial charge is 0.497 e. The average Bonchev–Trinajstić information content (AvgIpc) is 3.13. The summed E-state index contributed by atoms with van der Waals surface area (Å²) in [5.41, 5.74) is 6.89. The zero-order valence-electron chi connectivity index (χ0n) is 16.4. The molecule has 2 heterocycles. The smallest absolute Gasteiger partial charge is 0.252 e. The Morgan fingerprint density at radius 3 is 2.29 bits per heavy atom. The maximum Gasteiger partial charge on any atom is 0.252 e. The highest BCUT2D eigenvalue weighted by molar-refractivity contribution is 5.97. The minimum atomic E-state index is -0.741. The third-order valence-corrected chi connectivity index (χ3v) is 5.10. The maximum absolute atomic E-state index is 12.6. The summed E-state index contributed by atoms with van der Waals surface area (Å²) in [6.07, 6.45) is 3.47. The Bertz CT molecular complexity index is 849. The number of carbonyl (C=O) groups excluding carboxylic acids is 2. The fourth-order valence-corrected chi connectivity index (χ4v) is 3.65. The predicted molar refractivity (Wildman–Crippen MR) is 104 cm³/mol. The molecule has 1 saturated heterocycles. The number of hydrogen-bond donors (Lipinski definition) is 2. The summed E-state index contributed by atoms with van der Waals surface area (Å²) < 4.78 is 12.4. The van der Waals surface area contributed by atoms with Crippen LogP contribution in [0.1, 0.15) is 53.3 Å². The Balaban J connectivity index is 2.10. The Morgan fingerprint density at radius 2 is 1.79 bits per heavy atom. The number of nitrogens with zero attached hydrogens (tertiary/aromatic N) is 2. The molecule has 0 aliphatic carbocycles. The van der Waals surface area contributed by atoms with Crippen LogP contribution in [-0.2, 0) is 4.79 Å². The number of ether oxygens (including phenoxy) is 2. The van der Waals surface area contributed by atoms with Gasteiger partial charge in [-0.15, -0.1) is 0 Å². The van der Waals surface area contributed by atoms with Crippen molar-refractivity contribution in [3.8, 4) is 11.5 Å². The summed E-state index contributed by atoms with van der Waals surface area (Å²) in [4.78, 5) is 24.7. The first kappa shape index (κ1) is 19.9. The fraction of sp³-hybridized carbons (Fsp3) is 0.450. The molecule has 1 unspecified atom stereocenters. The van der Waals surface area contributed by atoms with Gasteiger partial charge in [-0.2, -0.15) is 5.10 Å². The zero-order chi connectivity index (χ0) is 20.3. The standard InChI is InChI=1S/C20H26N4O4/c1-12(25)18(13-8-15(27-2)10-16(9-13)28-3)19-17(20(21)26)11-24(23-19)14-4-6-22-7-5-14/h8-11,14,18,22H,4-7H2,1-3H3,(H2,21,26). The van der Waals surface area contributed by atoms with Crippen LogP contribution in [-0.4, -0.2) is 48.8 Å². The lowest BCUT2D eigenvalue weighted by Gasteiger charge is -2.23. The zero-order valence-corrected chi connectivity index (χ0v) is 16.4. The van der Waals surface area contributed by atoms with E-state index in [1.54, 1.807) is 43.3 Å². The first-order valence-corrected chi connectivity index (χ1v) is 9.27. The molecule has 1 aromatic carbocycles. The normalized spacial score (nSPS) is 15.8. The summed E-state index contributed by atoms with van der Waals surface area (Å²) in [5.74, 6) is -0.378. The Hall–Kier alpha value is -2.87. The predicted octanol–water partition coefficient (Wildman–Crippen LogP) is 1.64. The number of hydrogen-bond acceptors (Lipinski definition) is 6. The number of ketones is 1. The SMILES string of the molecule is COc1cc(OC)cc(C(C(C)=O)c2nn(C3CCNCC3)cc2C(N)=O)c1. The molecule has 1 atom stereocenters. The van der Waals surface area contributed by atoms with Gasteiger partial charge in [0.2, 0.25) is 0 Å². The van der Waals surface area contributed by atoms with Crippen LogP contribution < -0.4 is 20.5 Å². The van der Waals surface area contributed by atoms with Crippen LogP contribution in [0.2, 0.25) is 0 Å². The second-order valence-electron chi connectivity index (χ2n) is 6.94. The first-order chi connectivity index (χ1) is 13.4. The van der Waals surface area contributed by atoms with E-state index in [1.165, 1.54) is 6.92 Å². The molecule has 0 radical (unpaired) electrons. The highest BCUT2D eigenvalue weighted by Gasteiger charge is 2.30. The first-order valence-electron chi connectivity index (χ1n) is 9.27. The van der Waals surface area contributed by atoms with Gasteiger partial charge in [0, 0.05) is 12.3 Å². The number of nitrogens with two attached hydrogens (primary N) is 1. The van der Waals surface area contributed by atoms with E-state index < -0.39 is 11.8 Å². The molecule has 8 nitrogen and oxygen atoms in total. The van der Waals surface area contributed by atoms with E-state index in [0.29, 0.717) is 22.8 Å². The lowest BCUT2D eigenvalue weighted by atomic mass is 9.89. The lowest BCUT2D eigenvalue weighted by molar-refractivity contribution is -0.117. The number of amides is 1. The minimum absolute atomic E-state index is 0.145. The molecule has 0 saturated carbocycles. The molecule has 3 N–H and O–H groups in total. The fourth-order valence-electron chi connectivity index (χ4n) is 3.65. The van der Waals surface area contributed by atoms with Crippen molar-refractivity contribution in [3.63, 3.8) is 0 Å². The van der Waals surface area contributed by atoms with Crippen LogP contribution in [0.25, 0.3) is 0 Å². The quantitative estimate of drug-likeness (QED) is 0.749. The Kier molecular flexibility index (Phi) is 5.99. The van der Waals surface area contributed by atoms with Crippen molar-refractivity contribution in [3.05, 3.63) is 41.2 Å². The molecular weight excluding hydrogens is 360 g/mol. The molecule has 1 aliphatic heterocycles. The van der Waals surface area contributed by atoms with Crippen molar-refractivity contribution in [2.75, 3.05) is 27.3 Å². The summed E-state index contributed by atoms with van der Waals surface area (Å²) in [6.45, 7) is 3.24. The molecule has 1 amide bonds. The van der Waals surface area contributed by atoms with Gasteiger partial charge in [-0.1, -0.05) is 0 Å². The van der Waals surface area contributed by atoms with Crippen molar-refractivity contribution in [2.45, 2.75) is 31.7 Å². The highest BCUT2D eigenvalue weighted by atomic mass is 16.5. The average molecular weight is 386 g/mol. The van der Waals surface area contributed by atoms with E-state index in [9.17, 15) is 9.59 Å². The van der Waals surface area contributed by atoms with E-state index in [2.05, 4.69) is 10.4 Å².